The van der Waals surface area contributed by atoms with Crippen molar-refractivity contribution in [2.45, 2.75) is 25.0 Å². The number of benzene rings is 1. The summed E-state index contributed by atoms with van der Waals surface area (Å²) in [4.78, 5) is 24.9. The molecule has 5 nitrogen and oxygen atoms in total. The number of carbonyl (C=O) groups excluding carboxylic acids is 2. The lowest BCUT2D eigenvalue weighted by molar-refractivity contribution is -0.126. The quantitative estimate of drug-likeness (QED) is 0.725. The van der Waals surface area contributed by atoms with Crippen molar-refractivity contribution in [2.75, 3.05) is 25.4 Å². The van der Waals surface area contributed by atoms with Crippen LogP contribution in [-0.4, -0.2) is 42.2 Å². The lowest BCUT2D eigenvalue weighted by atomic mass is 9.97. The number of hydrogen-bond donors (Lipinski definition) is 2. The molecule has 2 rings (SSSR count). The molecule has 7 heteroatoms. The van der Waals surface area contributed by atoms with E-state index in [1.807, 2.05) is 24.3 Å². The first-order chi connectivity index (χ1) is 11.6. The third-order valence-electron chi connectivity index (χ3n) is 4.08. The number of carbonyl (C=O) groups is 2. The molecule has 1 aromatic carbocycles. The first-order valence-corrected chi connectivity index (χ1v) is 9.74. The van der Waals surface area contributed by atoms with Crippen molar-refractivity contribution in [3.63, 3.8) is 0 Å². The van der Waals surface area contributed by atoms with E-state index in [0.717, 1.165) is 41.4 Å². The Bertz CT molecular complexity index is 571. The van der Waals surface area contributed by atoms with Crippen molar-refractivity contribution in [3.8, 4) is 0 Å². The van der Waals surface area contributed by atoms with Gasteiger partial charge in [0.1, 0.15) is 0 Å². The van der Waals surface area contributed by atoms with E-state index < -0.39 is 6.03 Å². The molecule has 3 N–H and O–H groups in total. The zero-order valence-corrected chi connectivity index (χ0v) is 15.2. The van der Waals surface area contributed by atoms with E-state index in [4.69, 9.17) is 17.3 Å². The molecule has 132 valence electrons. The molecular weight excluding hydrogens is 346 g/mol. The maximum atomic E-state index is 12.2. The smallest absolute Gasteiger partial charge is 0.314 e. The molecule has 1 aliphatic heterocycles. The molecule has 1 unspecified atom stereocenters. The van der Waals surface area contributed by atoms with Crippen LogP contribution in [0.1, 0.15) is 24.8 Å². The molecule has 0 bridgehead atoms. The largest absolute Gasteiger partial charge is 0.356 e. The Labute approximate surface area is 152 Å². The van der Waals surface area contributed by atoms with Gasteiger partial charge in [0, 0.05) is 30.4 Å². The summed E-state index contributed by atoms with van der Waals surface area (Å²) in [5.41, 5.74) is 6.43. The van der Waals surface area contributed by atoms with Gasteiger partial charge in [0.25, 0.3) is 0 Å². The summed E-state index contributed by atoms with van der Waals surface area (Å²) in [6.45, 7) is 1.74. The number of amides is 3. The van der Waals surface area contributed by atoms with Crippen LogP contribution in [0.2, 0.25) is 5.02 Å². The van der Waals surface area contributed by atoms with Gasteiger partial charge in [-0.3, -0.25) is 4.79 Å². The van der Waals surface area contributed by atoms with Crippen LogP contribution >= 0.6 is 23.4 Å². The summed E-state index contributed by atoms with van der Waals surface area (Å²) in [6.07, 6.45) is 2.55. The summed E-state index contributed by atoms with van der Waals surface area (Å²) >= 11 is 7.93. The number of thioether (sulfide) groups is 1. The van der Waals surface area contributed by atoms with E-state index in [9.17, 15) is 9.59 Å². The van der Waals surface area contributed by atoms with E-state index in [1.165, 1.54) is 0 Å². The second-order valence-corrected chi connectivity index (χ2v) is 7.42. The van der Waals surface area contributed by atoms with Gasteiger partial charge in [0.15, 0.2) is 0 Å². The number of likely N-dealkylation sites (tertiary alicyclic amines) is 1. The highest BCUT2D eigenvalue weighted by molar-refractivity contribution is 7.98. The predicted octanol–water partition coefficient (Wildman–Crippen LogP) is 2.87. The summed E-state index contributed by atoms with van der Waals surface area (Å²) in [7, 11) is 0. The lowest BCUT2D eigenvalue weighted by Gasteiger charge is -2.30. The van der Waals surface area contributed by atoms with Crippen molar-refractivity contribution >= 4 is 35.3 Å². The summed E-state index contributed by atoms with van der Waals surface area (Å²) in [5, 5.41) is 3.77. The number of nitrogens with zero attached hydrogens (tertiary/aromatic N) is 1. The Morgan fingerprint density at radius 3 is 2.92 bits per heavy atom. The Morgan fingerprint density at radius 2 is 2.17 bits per heavy atom. The molecule has 0 saturated carbocycles. The number of rotatable bonds is 7. The molecule has 3 amide bonds. The van der Waals surface area contributed by atoms with Crippen LogP contribution in [0.25, 0.3) is 0 Å². The van der Waals surface area contributed by atoms with Crippen molar-refractivity contribution in [1.29, 1.82) is 0 Å². The van der Waals surface area contributed by atoms with Crippen molar-refractivity contribution < 1.29 is 9.59 Å². The number of piperidine rings is 1. The van der Waals surface area contributed by atoms with Gasteiger partial charge in [-0.05, 0) is 36.6 Å². The molecule has 1 heterocycles. The van der Waals surface area contributed by atoms with Gasteiger partial charge < -0.3 is 16.0 Å². The highest BCUT2D eigenvalue weighted by Gasteiger charge is 2.26. The first kappa shape index (κ1) is 18.9. The van der Waals surface area contributed by atoms with Crippen molar-refractivity contribution in [3.05, 3.63) is 34.9 Å². The zero-order chi connectivity index (χ0) is 17.4. The SMILES string of the molecule is NC(=O)N1CCCC(C(=O)NCCCSCc2ccccc2Cl)C1. The Kier molecular flexibility index (Phi) is 7.72. The van der Waals surface area contributed by atoms with Gasteiger partial charge in [-0.15, -0.1) is 0 Å². The van der Waals surface area contributed by atoms with Crippen molar-refractivity contribution in [1.82, 2.24) is 10.2 Å². The molecule has 0 aliphatic carbocycles. The molecule has 1 aromatic rings. The third-order valence-corrected chi connectivity index (χ3v) is 5.55. The first-order valence-electron chi connectivity index (χ1n) is 8.21. The highest BCUT2D eigenvalue weighted by atomic mass is 35.5. The zero-order valence-electron chi connectivity index (χ0n) is 13.7. The maximum Gasteiger partial charge on any atom is 0.314 e. The minimum absolute atomic E-state index is 0.0250. The molecular formula is C17H24ClN3O2S. The topological polar surface area (TPSA) is 75.4 Å². The van der Waals surface area contributed by atoms with Crippen LogP contribution in [0.5, 0.6) is 0 Å². The molecule has 24 heavy (non-hydrogen) atoms. The van der Waals surface area contributed by atoms with Crippen LogP contribution in [-0.2, 0) is 10.5 Å². The average Bonchev–Trinajstić information content (AvgIpc) is 2.59. The minimum atomic E-state index is -0.441. The van der Waals surface area contributed by atoms with Crippen LogP contribution < -0.4 is 11.1 Å². The number of nitrogens with two attached hydrogens (primary N) is 1. The van der Waals surface area contributed by atoms with Crippen LogP contribution in [0.4, 0.5) is 4.79 Å². The third kappa shape index (κ3) is 5.91. The Hall–Kier alpha value is -1.40. The van der Waals surface area contributed by atoms with E-state index in [-0.39, 0.29) is 11.8 Å². The number of primary amides is 1. The number of urea groups is 1. The molecule has 1 saturated heterocycles. The molecule has 1 aliphatic rings. The Balaban J connectivity index is 1.59. The summed E-state index contributed by atoms with van der Waals surface area (Å²) in [6, 6.07) is 7.41. The van der Waals surface area contributed by atoms with Gasteiger partial charge in [-0.2, -0.15) is 11.8 Å². The second kappa shape index (κ2) is 9.79. The fourth-order valence-electron chi connectivity index (χ4n) is 2.72. The predicted molar refractivity (Wildman–Crippen MR) is 99.1 cm³/mol. The second-order valence-electron chi connectivity index (χ2n) is 5.91. The lowest BCUT2D eigenvalue weighted by Crippen LogP contribution is -2.47. The number of hydrogen-bond acceptors (Lipinski definition) is 3. The molecule has 0 radical (unpaired) electrons. The maximum absolute atomic E-state index is 12.2. The van der Waals surface area contributed by atoms with Gasteiger partial charge in [-0.1, -0.05) is 29.8 Å². The summed E-state index contributed by atoms with van der Waals surface area (Å²) < 4.78 is 0. The van der Waals surface area contributed by atoms with Crippen LogP contribution in [0.15, 0.2) is 24.3 Å². The average molecular weight is 370 g/mol. The van der Waals surface area contributed by atoms with Gasteiger partial charge in [-0.25, -0.2) is 4.79 Å². The van der Waals surface area contributed by atoms with Gasteiger partial charge >= 0.3 is 6.03 Å². The fraction of sp³-hybridized carbons (Fsp3) is 0.529. The fourth-order valence-corrected chi connectivity index (χ4v) is 3.97. The molecule has 1 fully saturated rings. The monoisotopic (exact) mass is 369 g/mol. The van der Waals surface area contributed by atoms with Crippen LogP contribution in [0, 0.1) is 5.92 Å². The van der Waals surface area contributed by atoms with Gasteiger partial charge in [0.2, 0.25) is 5.91 Å². The van der Waals surface area contributed by atoms with E-state index in [0.29, 0.717) is 19.6 Å². The van der Waals surface area contributed by atoms with E-state index in [2.05, 4.69) is 5.32 Å². The Morgan fingerprint density at radius 1 is 1.38 bits per heavy atom. The minimum Gasteiger partial charge on any atom is -0.356 e. The van der Waals surface area contributed by atoms with Gasteiger partial charge in [0.05, 0.1) is 5.92 Å². The molecule has 0 spiro atoms. The van der Waals surface area contributed by atoms with Crippen LogP contribution in [0.3, 0.4) is 0 Å². The standard InChI is InChI=1S/C17H24ClN3O2S/c18-15-7-2-1-5-14(15)12-24-10-4-8-20-16(22)13-6-3-9-21(11-13)17(19)23/h1-2,5,7,13H,3-4,6,8-12H2,(H2,19,23)(H,20,22). The number of nitrogens with one attached hydrogen (secondary N) is 1. The van der Waals surface area contributed by atoms with E-state index >= 15 is 0 Å². The highest BCUT2D eigenvalue weighted by Crippen LogP contribution is 2.21. The normalized spacial score (nSPS) is 17.5. The molecule has 1 atom stereocenters. The molecule has 0 aromatic heterocycles. The number of halogens is 1. The summed E-state index contributed by atoms with van der Waals surface area (Å²) in [5.74, 6) is 1.73. The van der Waals surface area contributed by atoms with Crippen molar-refractivity contribution in [2.24, 2.45) is 11.7 Å². The van der Waals surface area contributed by atoms with E-state index in [1.54, 1.807) is 16.7 Å².